The number of esters is 1. The molecule has 3 rings (SSSR count). The zero-order valence-electron chi connectivity index (χ0n) is 11.6. The van der Waals surface area contributed by atoms with Crippen LogP contribution in [0.4, 0.5) is 5.82 Å². The number of methoxy groups -OCH3 is 1. The van der Waals surface area contributed by atoms with Crippen LogP contribution in [0, 0.1) is 0 Å². The number of carbonyl (C=O) groups is 2. The van der Waals surface area contributed by atoms with Crippen molar-refractivity contribution in [3.05, 3.63) is 22.9 Å². The Kier molecular flexibility index (Phi) is 3.08. The molecule has 1 fully saturated rings. The number of amides is 1. The topological polar surface area (TPSA) is 71.5 Å². The van der Waals surface area contributed by atoms with E-state index >= 15 is 0 Å². The maximum Gasteiger partial charge on any atom is 0.357 e. The van der Waals surface area contributed by atoms with E-state index in [4.69, 9.17) is 4.74 Å². The first kappa shape index (κ1) is 12.9. The molecular formula is C14H17N3O3. The van der Waals surface area contributed by atoms with E-state index in [1.54, 1.807) is 6.07 Å². The van der Waals surface area contributed by atoms with Gasteiger partial charge in [-0.3, -0.25) is 4.79 Å². The van der Waals surface area contributed by atoms with E-state index in [0.717, 1.165) is 19.4 Å². The lowest BCUT2D eigenvalue weighted by atomic mass is 10.1. The largest absolute Gasteiger partial charge is 0.464 e. The van der Waals surface area contributed by atoms with Crippen LogP contribution in [0.1, 0.15) is 46.2 Å². The Morgan fingerprint density at radius 3 is 3.00 bits per heavy atom. The smallest absolute Gasteiger partial charge is 0.357 e. The second-order valence-corrected chi connectivity index (χ2v) is 5.21. The molecule has 0 aliphatic carbocycles. The van der Waals surface area contributed by atoms with Crippen molar-refractivity contribution in [3.8, 4) is 0 Å². The summed E-state index contributed by atoms with van der Waals surface area (Å²) in [4.78, 5) is 30.3. The molecule has 0 aromatic carbocycles. The molecule has 1 amide bonds. The zero-order chi connectivity index (χ0) is 14.3. The lowest BCUT2D eigenvalue weighted by Gasteiger charge is -2.23. The summed E-state index contributed by atoms with van der Waals surface area (Å²) in [5.74, 6) is 0.0401. The molecule has 1 aromatic heterocycles. The summed E-state index contributed by atoms with van der Waals surface area (Å²) >= 11 is 0. The normalized spacial score (nSPS) is 20.8. The summed E-state index contributed by atoms with van der Waals surface area (Å²) in [6, 6.07) is 2.15. The van der Waals surface area contributed by atoms with Gasteiger partial charge in [-0.1, -0.05) is 0 Å². The van der Waals surface area contributed by atoms with Gasteiger partial charge < -0.3 is 15.0 Å². The van der Waals surface area contributed by atoms with Crippen molar-refractivity contribution in [2.75, 3.05) is 18.6 Å². The van der Waals surface area contributed by atoms with Crippen LogP contribution in [-0.2, 0) is 11.3 Å². The number of fused-ring (bicyclic) bond motifs is 1. The minimum absolute atomic E-state index is 0.152. The minimum Gasteiger partial charge on any atom is -0.464 e. The fourth-order valence-corrected chi connectivity index (χ4v) is 2.89. The molecule has 2 aliphatic rings. The average Bonchev–Trinajstić information content (AvgIpc) is 3.04. The van der Waals surface area contributed by atoms with Crippen LogP contribution in [-0.4, -0.2) is 36.6 Å². The third kappa shape index (κ3) is 1.92. The third-order valence-electron chi connectivity index (χ3n) is 4.01. The quantitative estimate of drug-likeness (QED) is 0.818. The van der Waals surface area contributed by atoms with E-state index in [1.165, 1.54) is 7.11 Å². The zero-order valence-corrected chi connectivity index (χ0v) is 11.6. The number of anilines is 1. The molecule has 3 heterocycles. The molecule has 0 radical (unpaired) electrons. The van der Waals surface area contributed by atoms with Gasteiger partial charge in [0.2, 0.25) is 0 Å². The first-order valence-corrected chi connectivity index (χ1v) is 6.79. The van der Waals surface area contributed by atoms with E-state index in [1.807, 2.05) is 0 Å². The van der Waals surface area contributed by atoms with Crippen molar-refractivity contribution in [1.29, 1.82) is 0 Å². The number of hydrogen-bond donors (Lipinski definition) is 1. The van der Waals surface area contributed by atoms with Crippen molar-refractivity contribution in [1.82, 2.24) is 10.3 Å². The van der Waals surface area contributed by atoms with Gasteiger partial charge in [-0.2, -0.15) is 0 Å². The first-order chi connectivity index (χ1) is 9.61. The molecule has 1 N–H and O–H groups in total. The second-order valence-electron chi connectivity index (χ2n) is 5.21. The number of nitrogens with zero attached hydrogens (tertiary/aromatic N) is 2. The Morgan fingerprint density at radius 1 is 1.55 bits per heavy atom. The Balaban J connectivity index is 2.10. The standard InChI is InChI=1S/C14H17N3O3/c1-8-4-3-5-17(8)11-6-9-10(7-15-13(9)18)12(16-11)14(19)20-2/h6,8H,3-5,7H2,1-2H3,(H,15,18)/t8-/m1/s1. The van der Waals surface area contributed by atoms with Crippen LogP contribution >= 0.6 is 0 Å². The molecule has 0 saturated carbocycles. The Labute approximate surface area is 117 Å². The summed E-state index contributed by atoms with van der Waals surface area (Å²) in [5, 5.41) is 2.73. The summed E-state index contributed by atoms with van der Waals surface area (Å²) in [6.45, 7) is 3.36. The predicted octanol–water partition coefficient (Wildman–Crippen LogP) is 1.10. The van der Waals surface area contributed by atoms with E-state index in [9.17, 15) is 9.59 Å². The maximum absolute atomic E-state index is 11.9. The number of aromatic nitrogens is 1. The summed E-state index contributed by atoms with van der Waals surface area (Å²) in [5.41, 5.74) is 1.42. The van der Waals surface area contributed by atoms with Gasteiger partial charge in [0.05, 0.1) is 12.7 Å². The minimum atomic E-state index is -0.494. The number of rotatable bonds is 2. The van der Waals surface area contributed by atoms with Crippen LogP contribution in [0.2, 0.25) is 0 Å². The average molecular weight is 275 g/mol. The lowest BCUT2D eigenvalue weighted by molar-refractivity contribution is 0.0592. The van der Waals surface area contributed by atoms with Gasteiger partial charge in [0.25, 0.3) is 5.91 Å². The number of nitrogens with one attached hydrogen (secondary N) is 1. The van der Waals surface area contributed by atoms with Crippen LogP contribution < -0.4 is 10.2 Å². The van der Waals surface area contributed by atoms with Gasteiger partial charge in [0.1, 0.15) is 5.82 Å². The number of pyridine rings is 1. The lowest BCUT2D eigenvalue weighted by Crippen LogP contribution is -2.28. The summed E-state index contributed by atoms with van der Waals surface area (Å²) < 4.78 is 4.78. The highest BCUT2D eigenvalue weighted by molar-refractivity contribution is 6.03. The molecule has 6 heteroatoms. The van der Waals surface area contributed by atoms with Crippen LogP contribution in [0.3, 0.4) is 0 Å². The molecular weight excluding hydrogens is 258 g/mol. The third-order valence-corrected chi connectivity index (χ3v) is 4.01. The maximum atomic E-state index is 11.9. The summed E-state index contributed by atoms with van der Waals surface area (Å²) in [6.07, 6.45) is 2.19. The van der Waals surface area contributed by atoms with E-state index < -0.39 is 5.97 Å². The van der Waals surface area contributed by atoms with E-state index in [-0.39, 0.29) is 11.6 Å². The second kappa shape index (κ2) is 4.77. The SMILES string of the molecule is COC(=O)c1nc(N2CCC[C@H]2C)cc2c1CNC2=O. The highest BCUT2D eigenvalue weighted by Gasteiger charge is 2.30. The number of hydrogen-bond acceptors (Lipinski definition) is 5. The monoisotopic (exact) mass is 275 g/mol. The van der Waals surface area contributed by atoms with Gasteiger partial charge in [-0.05, 0) is 25.8 Å². The van der Waals surface area contributed by atoms with Crippen LogP contribution in [0.5, 0.6) is 0 Å². The molecule has 2 aliphatic heterocycles. The predicted molar refractivity (Wildman–Crippen MR) is 72.8 cm³/mol. The fraction of sp³-hybridized carbons (Fsp3) is 0.500. The van der Waals surface area contributed by atoms with Gasteiger partial charge in [0.15, 0.2) is 5.69 Å². The molecule has 20 heavy (non-hydrogen) atoms. The highest BCUT2D eigenvalue weighted by atomic mass is 16.5. The Bertz CT molecular complexity index is 585. The highest BCUT2D eigenvalue weighted by Crippen LogP contribution is 2.29. The Hall–Kier alpha value is -2.11. The van der Waals surface area contributed by atoms with Gasteiger partial charge in [0, 0.05) is 24.7 Å². The first-order valence-electron chi connectivity index (χ1n) is 6.79. The molecule has 6 nitrogen and oxygen atoms in total. The van der Waals surface area contributed by atoms with Gasteiger partial charge in [-0.15, -0.1) is 0 Å². The molecule has 0 bridgehead atoms. The number of ether oxygens (including phenoxy) is 1. The molecule has 1 saturated heterocycles. The van der Waals surface area contributed by atoms with Crippen molar-refractivity contribution in [2.24, 2.45) is 0 Å². The van der Waals surface area contributed by atoms with Crippen molar-refractivity contribution >= 4 is 17.7 Å². The molecule has 0 spiro atoms. The fourth-order valence-electron chi connectivity index (χ4n) is 2.89. The van der Waals surface area contributed by atoms with E-state index in [2.05, 4.69) is 22.1 Å². The van der Waals surface area contributed by atoms with Crippen LogP contribution in [0.25, 0.3) is 0 Å². The molecule has 1 aromatic rings. The summed E-state index contributed by atoms with van der Waals surface area (Å²) in [7, 11) is 1.33. The van der Waals surface area contributed by atoms with Gasteiger partial charge >= 0.3 is 5.97 Å². The molecule has 106 valence electrons. The van der Waals surface area contributed by atoms with Crippen molar-refractivity contribution in [2.45, 2.75) is 32.4 Å². The van der Waals surface area contributed by atoms with Gasteiger partial charge in [-0.25, -0.2) is 9.78 Å². The number of carbonyl (C=O) groups excluding carboxylic acids is 2. The molecule has 1 atom stereocenters. The van der Waals surface area contributed by atoms with E-state index in [0.29, 0.717) is 29.5 Å². The Morgan fingerprint density at radius 2 is 2.35 bits per heavy atom. The van der Waals surface area contributed by atoms with Crippen molar-refractivity contribution in [3.63, 3.8) is 0 Å². The van der Waals surface area contributed by atoms with Crippen LogP contribution in [0.15, 0.2) is 6.07 Å². The molecule has 0 unspecified atom stereocenters. The van der Waals surface area contributed by atoms with Crippen molar-refractivity contribution < 1.29 is 14.3 Å².